The van der Waals surface area contributed by atoms with Gasteiger partial charge in [0.15, 0.2) is 0 Å². The second kappa shape index (κ2) is 9.01. The van der Waals surface area contributed by atoms with Crippen LogP contribution in [0.25, 0.3) is 0 Å². The largest absolute Gasteiger partial charge is 0.491 e. The van der Waals surface area contributed by atoms with Crippen molar-refractivity contribution in [2.75, 3.05) is 6.54 Å². The van der Waals surface area contributed by atoms with Gasteiger partial charge in [0.1, 0.15) is 5.75 Å². The van der Waals surface area contributed by atoms with E-state index in [2.05, 4.69) is 10.0 Å². The van der Waals surface area contributed by atoms with Gasteiger partial charge < -0.3 is 10.1 Å². The lowest BCUT2D eigenvalue weighted by Crippen LogP contribution is -2.24. The van der Waals surface area contributed by atoms with Gasteiger partial charge in [0.05, 0.1) is 11.0 Å². The molecule has 6 nitrogen and oxygen atoms in total. The average molecular weight is 391 g/mol. The molecule has 0 radical (unpaired) electrons. The van der Waals surface area contributed by atoms with Crippen LogP contribution in [0.15, 0.2) is 47.4 Å². The molecular formula is C20H26N2O4S. The Morgan fingerprint density at radius 1 is 1.11 bits per heavy atom. The van der Waals surface area contributed by atoms with Crippen molar-refractivity contribution in [2.24, 2.45) is 0 Å². The van der Waals surface area contributed by atoms with E-state index in [0.717, 1.165) is 11.1 Å². The van der Waals surface area contributed by atoms with Crippen molar-refractivity contribution in [1.82, 2.24) is 10.0 Å². The number of hydrogen-bond acceptors (Lipinski definition) is 4. The number of amides is 1. The first-order valence-electron chi connectivity index (χ1n) is 8.87. The zero-order valence-electron chi connectivity index (χ0n) is 16.1. The van der Waals surface area contributed by atoms with Gasteiger partial charge in [-0.1, -0.05) is 12.1 Å². The maximum Gasteiger partial charge on any atom is 0.251 e. The van der Waals surface area contributed by atoms with Crippen molar-refractivity contribution in [2.45, 2.75) is 45.2 Å². The van der Waals surface area contributed by atoms with Gasteiger partial charge in [0, 0.05) is 18.7 Å². The van der Waals surface area contributed by atoms with E-state index in [1.54, 1.807) is 36.4 Å². The summed E-state index contributed by atoms with van der Waals surface area (Å²) in [5.74, 6) is 0.522. The molecule has 27 heavy (non-hydrogen) atoms. The van der Waals surface area contributed by atoms with Crippen LogP contribution in [0.4, 0.5) is 0 Å². The number of carbonyl (C=O) groups excluding carboxylic acids is 1. The lowest BCUT2D eigenvalue weighted by molar-refractivity contribution is 0.0956. The summed E-state index contributed by atoms with van der Waals surface area (Å²) in [6.45, 7) is 8.20. The molecule has 2 N–H and O–H groups in total. The van der Waals surface area contributed by atoms with Crippen LogP contribution in [-0.2, 0) is 16.6 Å². The first-order valence-corrected chi connectivity index (χ1v) is 10.4. The minimum absolute atomic E-state index is 0.0201. The first-order chi connectivity index (χ1) is 12.7. The highest BCUT2D eigenvalue weighted by atomic mass is 32.2. The molecule has 0 aliphatic rings. The van der Waals surface area contributed by atoms with Crippen LogP contribution < -0.4 is 14.8 Å². The van der Waals surface area contributed by atoms with Gasteiger partial charge in [-0.05, 0) is 69.2 Å². The van der Waals surface area contributed by atoms with Crippen molar-refractivity contribution < 1.29 is 17.9 Å². The minimum atomic E-state index is -3.65. The van der Waals surface area contributed by atoms with E-state index in [-0.39, 0.29) is 23.5 Å². The van der Waals surface area contributed by atoms with Gasteiger partial charge in [-0.2, -0.15) is 0 Å². The van der Waals surface area contributed by atoms with Crippen LogP contribution in [0.2, 0.25) is 0 Å². The minimum Gasteiger partial charge on any atom is -0.491 e. The van der Waals surface area contributed by atoms with Crippen molar-refractivity contribution in [3.8, 4) is 5.75 Å². The zero-order chi connectivity index (χ0) is 20.0. The zero-order valence-corrected chi connectivity index (χ0v) is 16.9. The Kier molecular flexibility index (Phi) is 6.98. The van der Waals surface area contributed by atoms with Gasteiger partial charge in [0.25, 0.3) is 5.91 Å². The average Bonchev–Trinajstić information content (AvgIpc) is 2.62. The Hall–Kier alpha value is -2.38. The van der Waals surface area contributed by atoms with E-state index in [1.165, 1.54) is 6.07 Å². The van der Waals surface area contributed by atoms with Crippen molar-refractivity contribution in [3.63, 3.8) is 0 Å². The van der Waals surface area contributed by atoms with Crippen LogP contribution in [0.5, 0.6) is 5.75 Å². The molecular weight excluding hydrogens is 364 g/mol. The van der Waals surface area contributed by atoms with Crippen LogP contribution >= 0.6 is 0 Å². The molecule has 2 aromatic rings. The third kappa shape index (κ3) is 5.80. The molecule has 0 aliphatic carbocycles. The second-order valence-electron chi connectivity index (χ2n) is 6.47. The van der Waals surface area contributed by atoms with Crippen molar-refractivity contribution in [3.05, 3.63) is 59.2 Å². The molecule has 0 saturated heterocycles. The van der Waals surface area contributed by atoms with Crippen LogP contribution in [0.1, 0.15) is 42.3 Å². The van der Waals surface area contributed by atoms with E-state index in [9.17, 15) is 13.2 Å². The Morgan fingerprint density at radius 2 is 1.78 bits per heavy atom. The Labute approximate surface area is 161 Å². The number of carbonyl (C=O) groups is 1. The highest BCUT2D eigenvalue weighted by Gasteiger charge is 2.16. The predicted octanol–water partition coefficient (Wildman–Crippen LogP) is 3.01. The lowest BCUT2D eigenvalue weighted by atomic mass is 10.1. The van der Waals surface area contributed by atoms with E-state index >= 15 is 0 Å². The number of hydrogen-bond donors (Lipinski definition) is 2. The Morgan fingerprint density at radius 3 is 2.33 bits per heavy atom. The summed E-state index contributed by atoms with van der Waals surface area (Å²) in [6, 6.07) is 11.6. The molecule has 2 aromatic carbocycles. The number of sulfonamides is 1. The molecule has 0 bridgehead atoms. The number of benzene rings is 2. The fraction of sp³-hybridized carbons (Fsp3) is 0.350. The molecule has 0 fully saturated rings. The molecule has 0 spiro atoms. The molecule has 0 aromatic heterocycles. The molecule has 146 valence electrons. The second-order valence-corrected chi connectivity index (χ2v) is 8.24. The van der Waals surface area contributed by atoms with Crippen LogP contribution in [-0.4, -0.2) is 27.0 Å². The van der Waals surface area contributed by atoms with Crippen LogP contribution in [0, 0.1) is 6.92 Å². The summed E-state index contributed by atoms with van der Waals surface area (Å²) in [4.78, 5) is 11.9. The Balaban J connectivity index is 2.06. The fourth-order valence-electron chi connectivity index (χ4n) is 2.47. The van der Waals surface area contributed by atoms with Gasteiger partial charge in [0.2, 0.25) is 10.0 Å². The molecule has 0 unspecified atom stereocenters. The third-order valence-electron chi connectivity index (χ3n) is 3.84. The van der Waals surface area contributed by atoms with Gasteiger partial charge in [-0.25, -0.2) is 13.1 Å². The molecule has 0 atom stereocenters. The lowest BCUT2D eigenvalue weighted by Gasteiger charge is -2.14. The summed E-state index contributed by atoms with van der Waals surface area (Å²) < 4.78 is 33.3. The molecule has 0 aliphatic heterocycles. The first kappa shape index (κ1) is 20.9. The number of ether oxygens (including phenoxy) is 1. The maximum absolute atomic E-state index is 12.5. The quantitative estimate of drug-likeness (QED) is 0.726. The molecule has 7 heteroatoms. The summed E-state index contributed by atoms with van der Waals surface area (Å²) in [5.41, 5.74) is 2.07. The van der Waals surface area contributed by atoms with Crippen LogP contribution in [0.3, 0.4) is 0 Å². The van der Waals surface area contributed by atoms with Crippen molar-refractivity contribution >= 4 is 15.9 Å². The highest BCUT2D eigenvalue weighted by molar-refractivity contribution is 7.89. The summed E-state index contributed by atoms with van der Waals surface area (Å²) in [6.07, 6.45) is 0.0201. The molecule has 0 saturated carbocycles. The van der Waals surface area contributed by atoms with E-state index in [4.69, 9.17) is 4.74 Å². The Bertz CT molecular complexity index is 891. The summed E-state index contributed by atoms with van der Waals surface area (Å²) in [7, 11) is -3.65. The fourth-order valence-corrected chi connectivity index (χ4v) is 3.58. The monoisotopic (exact) mass is 390 g/mol. The standard InChI is InChI=1S/C20H26N2O4S/c1-5-21-20(23)17-8-6-16(7-9-17)13-22-27(24,25)18-10-11-19(15(4)12-18)26-14(2)3/h6-12,14,22H,5,13H2,1-4H3,(H,21,23). The normalized spacial score (nSPS) is 11.4. The molecule has 2 rings (SSSR count). The van der Waals surface area contributed by atoms with E-state index < -0.39 is 10.0 Å². The topological polar surface area (TPSA) is 84.5 Å². The number of aryl methyl sites for hydroxylation is 1. The predicted molar refractivity (Wildman–Crippen MR) is 105 cm³/mol. The summed E-state index contributed by atoms with van der Waals surface area (Å²) >= 11 is 0. The third-order valence-corrected chi connectivity index (χ3v) is 5.24. The number of rotatable bonds is 8. The van der Waals surface area contributed by atoms with Gasteiger partial charge >= 0.3 is 0 Å². The number of nitrogens with one attached hydrogen (secondary N) is 2. The smallest absolute Gasteiger partial charge is 0.251 e. The summed E-state index contributed by atoms with van der Waals surface area (Å²) in [5, 5.41) is 2.72. The maximum atomic E-state index is 12.5. The van der Waals surface area contributed by atoms with E-state index in [1.807, 2.05) is 27.7 Å². The van der Waals surface area contributed by atoms with Gasteiger partial charge in [-0.3, -0.25) is 4.79 Å². The molecule has 0 heterocycles. The highest BCUT2D eigenvalue weighted by Crippen LogP contribution is 2.23. The van der Waals surface area contributed by atoms with E-state index in [0.29, 0.717) is 17.9 Å². The van der Waals surface area contributed by atoms with Gasteiger partial charge in [-0.15, -0.1) is 0 Å². The SMILES string of the molecule is CCNC(=O)c1ccc(CNS(=O)(=O)c2ccc(OC(C)C)c(C)c2)cc1. The van der Waals surface area contributed by atoms with Crippen molar-refractivity contribution in [1.29, 1.82) is 0 Å². The molecule has 1 amide bonds.